The lowest BCUT2D eigenvalue weighted by molar-refractivity contribution is 0.157. The zero-order valence-corrected chi connectivity index (χ0v) is 7.71. The monoisotopic (exact) mass is 165 g/mol. The molecule has 0 aromatic carbocycles. The quantitative estimate of drug-likeness (QED) is 0.620. The predicted molar refractivity (Wildman–Crippen MR) is 50.6 cm³/mol. The highest BCUT2D eigenvalue weighted by Gasteiger charge is 2.12. The maximum atomic E-state index is 5.43. The van der Waals surface area contributed by atoms with Gasteiger partial charge in [0.2, 0.25) is 0 Å². The van der Waals surface area contributed by atoms with E-state index in [1.807, 2.05) is 19.1 Å². The summed E-state index contributed by atoms with van der Waals surface area (Å²) in [5.74, 6) is 0.877. The van der Waals surface area contributed by atoms with Crippen molar-refractivity contribution in [3.8, 4) is 0 Å². The number of likely N-dealkylation sites (N-methyl/N-ethyl adjacent to an activating group) is 1. The minimum Gasteiger partial charge on any atom is -0.490 e. The van der Waals surface area contributed by atoms with Crippen LogP contribution in [0.25, 0.3) is 0 Å². The minimum atomic E-state index is 0.749. The molecule has 1 aliphatic rings. The van der Waals surface area contributed by atoms with Gasteiger partial charge in [0.15, 0.2) is 0 Å². The second-order valence-corrected chi connectivity index (χ2v) is 2.72. The van der Waals surface area contributed by atoms with Gasteiger partial charge in [-0.15, -0.1) is 0 Å². The Morgan fingerprint density at radius 2 is 2.33 bits per heavy atom. The second kappa shape index (κ2) is 4.00. The van der Waals surface area contributed by atoms with Crippen LogP contribution in [0.1, 0.15) is 6.92 Å². The summed E-state index contributed by atoms with van der Waals surface area (Å²) in [6.45, 7) is 7.39. The van der Waals surface area contributed by atoms with Gasteiger partial charge >= 0.3 is 0 Å². The maximum absolute atomic E-state index is 5.43. The Balaban J connectivity index is 2.94. The Morgan fingerprint density at radius 1 is 1.58 bits per heavy atom. The molecule has 0 bridgehead atoms. The molecule has 12 heavy (non-hydrogen) atoms. The van der Waals surface area contributed by atoms with E-state index in [0.717, 1.165) is 24.6 Å². The molecule has 0 radical (unpaired) electrons. The fourth-order valence-electron chi connectivity index (χ4n) is 1.21. The molecule has 0 atom stereocenters. The van der Waals surface area contributed by atoms with E-state index in [4.69, 9.17) is 4.74 Å². The van der Waals surface area contributed by atoms with Crippen LogP contribution in [0.4, 0.5) is 0 Å². The van der Waals surface area contributed by atoms with E-state index in [-0.39, 0.29) is 0 Å². The molecule has 1 heterocycles. The summed E-state index contributed by atoms with van der Waals surface area (Å²) < 4.78 is 5.43. The van der Waals surface area contributed by atoms with Gasteiger partial charge in [0.1, 0.15) is 12.4 Å². The summed E-state index contributed by atoms with van der Waals surface area (Å²) in [6.07, 6.45) is 5.80. The van der Waals surface area contributed by atoms with Crippen LogP contribution in [0, 0.1) is 0 Å². The van der Waals surface area contributed by atoms with Crippen molar-refractivity contribution in [3.63, 3.8) is 0 Å². The topological polar surface area (TPSA) is 12.5 Å². The molecule has 0 aliphatic carbocycles. The summed E-state index contributed by atoms with van der Waals surface area (Å²) >= 11 is 0. The highest BCUT2D eigenvalue weighted by molar-refractivity contribution is 5.28. The fraction of sp³-hybridized carbons (Fsp3) is 0.400. The van der Waals surface area contributed by atoms with Crippen molar-refractivity contribution in [1.29, 1.82) is 0 Å². The molecule has 0 N–H and O–H groups in total. The summed E-state index contributed by atoms with van der Waals surface area (Å²) in [5.41, 5.74) is 1.11. The van der Waals surface area contributed by atoms with Crippen LogP contribution in [0.3, 0.4) is 0 Å². The van der Waals surface area contributed by atoms with Gasteiger partial charge in [0.25, 0.3) is 0 Å². The van der Waals surface area contributed by atoms with Crippen molar-refractivity contribution in [2.45, 2.75) is 6.92 Å². The molecule has 1 rings (SSSR count). The highest BCUT2D eigenvalue weighted by Crippen LogP contribution is 2.17. The Labute approximate surface area is 73.8 Å². The Bertz CT molecular complexity index is 228. The van der Waals surface area contributed by atoms with E-state index in [9.17, 15) is 0 Å². The van der Waals surface area contributed by atoms with Gasteiger partial charge in [-0.3, -0.25) is 0 Å². The molecular weight excluding hydrogens is 150 g/mol. The van der Waals surface area contributed by atoms with Crippen LogP contribution < -0.4 is 0 Å². The molecule has 0 fully saturated rings. The van der Waals surface area contributed by atoms with Gasteiger partial charge < -0.3 is 9.64 Å². The molecule has 0 unspecified atom stereocenters. The van der Waals surface area contributed by atoms with Gasteiger partial charge in [-0.2, -0.15) is 0 Å². The molecule has 0 aromatic rings. The van der Waals surface area contributed by atoms with E-state index in [1.165, 1.54) is 0 Å². The molecule has 0 aromatic heterocycles. The van der Waals surface area contributed by atoms with Crippen LogP contribution in [0.5, 0.6) is 0 Å². The largest absolute Gasteiger partial charge is 0.490 e. The predicted octanol–water partition coefficient (Wildman–Crippen LogP) is 1.92. The molecule has 0 saturated heterocycles. The number of hydrogen-bond acceptors (Lipinski definition) is 2. The zero-order chi connectivity index (χ0) is 8.97. The average Bonchev–Trinajstić information content (AvgIpc) is 2.09. The number of hydrogen-bond donors (Lipinski definition) is 0. The Kier molecular flexibility index (Phi) is 2.97. The SMILES string of the molecule is C=CC1=C(/C=C\C)N(C)CCO1. The summed E-state index contributed by atoms with van der Waals surface area (Å²) in [5, 5.41) is 0. The lowest BCUT2D eigenvalue weighted by Gasteiger charge is -2.27. The molecule has 0 saturated carbocycles. The summed E-state index contributed by atoms with van der Waals surface area (Å²) in [6, 6.07) is 0. The fourth-order valence-corrected chi connectivity index (χ4v) is 1.21. The van der Waals surface area contributed by atoms with Crippen LogP contribution in [0.15, 0.2) is 36.3 Å². The van der Waals surface area contributed by atoms with Crippen LogP contribution in [0.2, 0.25) is 0 Å². The normalized spacial score (nSPS) is 18.3. The first-order chi connectivity index (χ1) is 5.79. The van der Waals surface area contributed by atoms with Crippen molar-refractivity contribution in [2.75, 3.05) is 20.2 Å². The van der Waals surface area contributed by atoms with Crippen molar-refractivity contribution in [3.05, 3.63) is 36.3 Å². The smallest absolute Gasteiger partial charge is 0.142 e. The second-order valence-electron chi connectivity index (χ2n) is 2.72. The van der Waals surface area contributed by atoms with Crippen molar-refractivity contribution < 1.29 is 4.74 Å². The third-order valence-electron chi connectivity index (χ3n) is 1.86. The third kappa shape index (κ3) is 1.70. The Morgan fingerprint density at radius 3 is 2.92 bits per heavy atom. The lowest BCUT2D eigenvalue weighted by atomic mass is 10.2. The van der Waals surface area contributed by atoms with Gasteiger partial charge in [-0.1, -0.05) is 12.7 Å². The first-order valence-corrected chi connectivity index (χ1v) is 4.13. The first-order valence-electron chi connectivity index (χ1n) is 4.13. The van der Waals surface area contributed by atoms with Crippen LogP contribution >= 0.6 is 0 Å². The number of ether oxygens (including phenoxy) is 1. The van der Waals surface area contributed by atoms with Gasteiger partial charge in [0, 0.05) is 7.05 Å². The minimum absolute atomic E-state index is 0.749. The van der Waals surface area contributed by atoms with Gasteiger partial charge in [-0.05, 0) is 19.1 Å². The number of allylic oxidation sites excluding steroid dienone is 3. The van der Waals surface area contributed by atoms with E-state index in [1.54, 1.807) is 6.08 Å². The van der Waals surface area contributed by atoms with Crippen LogP contribution in [-0.2, 0) is 4.74 Å². The maximum Gasteiger partial charge on any atom is 0.142 e. The average molecular weight is 165 g/mol. The molecule has 0 spiro atoms. The van der Waals surface area contributed by atoms with Gasteiger partial charge in [-0.25, -0.2) is 0 Å². The van der Waals surface area contributed by atoms with E-state index in [0.29, 0.717) is 0 Å². The number of rotatable bonds is 2. The first kappa shape index (κ1) is 8.91. The van der Waals surface area contributed by atoms with Crippen molar-refractivity contribution in [1.82, 2.24) is 4.90 Å². The molecular formula is C10H15NO. The number of nitrogens with zero attached hydrogens (tertiary/aromatic N) is 1. The molecule has 66 valence electrons. The van der Waals surface area contributed by atoms with E-state index in [2.05, 4.69) is 18.5 Å². The lowest BCUT2D eigenvalue weighted by Crippen LogP contribution is -2.27. The molecule has 2 nitrogen and oxygen atoms in total. The highest BCUT2D eigenvalue weighted by atomic mass is 16.5. The van der Waals surface area contributed by atoms with Gasteiger partial charge in [0.05, 0.1) is 12.2 Å². The summed E-state index contributed by atoms with van der Waals surface area (Å²) in [4.78, 5) is 2.17. The van der Waals surface area contributed by atoms with E-state index >= 15 is 0 Å². The molecule has 1 aliphatic heterocycles. The standard InChI is InChI=1S/C10H15NO/c1-4-6-9-10(5-2)12-8-7-11(9)3/h4-6H,2,7-8H2,1,3H3/b6-4-. The Hall–Kier alpha value is -1.18. The molecule has 2 heteroatoms. The summed E-state index contributed by atoms with van der Waals surface area (Å²) in [7, 11) is 2.06. The third-order valence-corrected chi connectivity index (χ3v) is 1.86. The van der Waals surface area contributed by atoms with Crippen molar-refractivity contribution in [2.24, 2.45) is 0 Å². The van der Waals surface area contributed by atoms with E-state index < -0.39 is 0 Å². The van der Waals surface area contributed by atoms with Crippen molar-refractivity contribution >= 4 is 0 Å². The molecule has 0 amide bonds. The zero-order valence-electron chi connectivity index (χ0n) is 7.71. The van der Waals surface area contributed by atoms with Crippen LogP contribution in [-0.4, -0.2) is 25.1 Å².